The molecule has 1 saturated heterocycles. The minimum absolute atomic E-state index is 0.0825. The second kappa shape index (κ2) is 11.3. The lowest BCUT2D eigenvalue weighted by atomic mass is 9.78. The van der Waals surface area contributed by atoms with E-state index in [4.69, 9.17) is 9.47 Å². The van der Waals surface area contributed by atoms with Crippen LogP contribution < -0.4 is 10.6 Å². The molecule has 200 valence electrons. The van der Waals surface area contributed by atoms with E-state index in [-0.39, 0.29) is 39.3 Å². The lowest BCUT2D eigenvalue weighted by Gasteiger charge is -2.33. The molecule has 0 atom stereocenters. The maximum Gasteiger partial charge on any atom is 0.416 e. The molecule has 0 radical (unpaired) electrons. The zero-order chi connectivity index (χ0) is 27.3. The van der Waals surface area contributed by atoms with Crippen molar-refractivity contribution in [2.45, 2.75) is 38.4 Å². The van der Waals surface area contributed by atoms with E-state index in [2.05, 4.69) is 0 Å². The maximum atomic E-state index is 12.7. The van der Waals surface area contributed by atoms with Crippen molar-refractivity contribution in [1.82, 2.24) is 10.6 Å². The molecule has 1 heterocycles. The van der Waals surface area contributed by atoms with Crippen molar-refractivity contribution < 1.29 is 50.2 Å². The number of imide groups is 2. The van der Waals surface area contributed by atoms with E-state index < -0.39 is 46.7 Å². The molecule has 2 aromatic rings. The number of urea groups is 1. The van der Waals surface area contributed by atoms with Gasteiger partial charge in [-0.05, 0) is 48.2 Å². The fraction of sp³-hybridized carbons (Fsp3) is 0.375. The number of halogens is 6. The van der Waals surface area contributed by atoms with Crippen molar-refractivity contribution in [1.29, 1.82) is 0 Å². The number of rotatable bonds is 10. The molecular weight excluding hydrogens is 510 g/mol. The first kappa shape index (κ1) is 28.1. The standard InChI is InChI=1S/C24H22F6N2O5/c25-23(26,27)17-5-1-15(2-6-17)13-36-11-9-22(19(33)31-21(35)32-20(22)34)10-12-37-14-16-3-7-18(8-4-16)24(28,29)30/h1-8H,9-14H2,(H2,31,32,33,34,35). The highest BCUT2D eigenvalue weighted by Gasteiger charge is 2.49. The van der Waals surface area contributed by atoms with Gasteiger partial charge in [-0.1, -0.05) is 24.3 Å². The number of nitrogens with one attached hydrogen (secondary N) is 2. The Morgan fingerprint density at radius 2 is 0.973 bits per heavy atom. The molecule has 0 saturated carbocycles. The third-order valence-corrected chi connectivity index (χ3v) is 5.77. The molecule has 7 nitrogen and oxygen atoms in total. The van der Waals surface area contributed by atoms with Crippen LogP contribution in [0.4, 0.5) is 31.1 Å². The van der Waals surface area contributed by atoms with Crippen molar-refractivity contribution in [3.05, 3.63) is 70.8 Å². The first-order chi connectivity index (χ1) is 17.3. The Morgan fingerprint density at radius 1 is 0.622 bits per heavy atom. The van der Waals surface area contributed by atoms with E-state index in [1.807, 2.05) is 10.6 Å². The Kier molecular flexibility index (Phi) is 8.59. The molecule has 1 aliphatic heterocycles. The van der Waals surface area contributed by atoms with Gasteiger partial charge in [0.05, 0.1) is 24.3 Å². The molecule has 2 aromatic carbocycles. The number of barbiturate groups is 1. The zero-order valence-electron chi connectivity index (χ0n) is 19.2. The fourth-order valence-corrected chi connectivity index (χ4v) is 3.61. The number of carbonyl (C=O) groups excluding carboxylic acids is 3. The van der Waals surface area contributed by atoms with Gasteiger partial charge >= 0.3 is 18.4 Å². The number of hydrogen-bond donors (Lipinski definition) is 2. The first-order valence-corrected chi connectivity index (χ1v) is 11.0. The molecule has 37 heavy (non-hydrogen) atoms. The van der Waals surface area contributed by atoms with E-state index in [0.29, 0.717) is 11.1 Å². The third kappa shape index (κ3) is 7.29. The number of ether oxygens (including phenoxy) is 2. The van der Waals surface area contributed by atoms with Crippen LogP contribution in [0, 0.1) is 5.41 Å². The van der Waals surface area contributed by atoms with Gasteiger partial charge in [0.2, 0.25) is 11.8 Å². The summed E-state index contributed by atoms with van der Waals surface area (Å²) < 4.78 is 87.0. The van der Waals surface area contributed by atoms with Gasteiger partial charge in [-0.2, -0.15) is 26.3 Å². The maximum absolute atomic E-state index is 12.7. The SMILES string of the molecule is O=C1NC(=O)C(CCOCc2ccc(C(F)(F)F)cc2)(CCOCc2ccc(C(F)(F)F)cc2)C(=O)N1. The topological polar surface area (TPSA) is 93.7 Å². The minimum Gasteiger partial charge on any atom is -0.377 e. The average Bonchev–Trinajstić information content (AvgIpc) is 2.81. The molecule has 0 bridgehead atoms. The van der Waals surface area contributed by atoms with Crippen LogP contribution in [0.2, 0.25) is 0 Å². The average molecular weight is 532 g/mol. The van der Waals surface area contributed by atoms with Gasteiger partial charge in [-0.3, -0.25) is 20.2 Å². The van der Waals surface area contributed by atoms with Crippen LogP contribution in [-0.2, 0) is 44.6 Å². The van der Waals surface area contributed by atoms with Crippen LogP contribution in [0.3, 0.4) is 0 Å². The lowest BCUT2D eigenvalue weighted by Crippen LogP contribution is -2.63. The molecule has 0 aliphatic carbocycles. The normalized spacial score (nSPS) is 15.9. The molecule has 1 fully saturated rings. The Morgan fingerprint density at radius 3 is 1.30 bits per heavy atom. The summed E-state index contributed by atoms with van der Waals surface area (Å²) in [4.78, 5) is 36.7. The highest BCUT2D eigenvalue weighted by molar-refractivity contribution is 6.19. The number of alkyl halides is 6. The summed E-state index contributed by atoms with van der Waals surface area (Å²) >= 11 is 0. The predicted octanol–water partition coefficient (Wildman–Crippen LogP) is 4.59. The molecule has 0 unspecified atom stereocenters. The zero-order valence-corrected chi connectivity index (χ0v) is 19.2. The van der Waals surface area contributed by atoms with Gasteiger partial charge in [0.15, 0.2) is 0 Å². The second-order valence-corrected chi connectivity index (χ2v) is 8.31. The lowest BCUT2D eigenvalue weighted by molar-refractivity contribution is -0.147. The van der Waals surface area contributed by atoms with Gasteiger partial charge in [0.25, 0.3) is 0 Å². The van der Waals surface area contributed by atoms with Crippen molar-refractivity contribution in [3.8, 4) is 0 Å². The molecule has 2 N–H and O–H groups in total. The van der Waals surface area contributed by atoms with E-state index in [0.717, 1.165) is 24.3 Å². The van der Waals surface area contributed by atoms with Gasteiger partial charge in [-0.15, -0.1) is 0 Å². The summed E-state index contributed by atoms with van der Waals surface area (Å²) in [5, 5.41) is 4.05. The Balaban J connectivity index is 1.56. The van der Waals surface area contributed by atoms with Crippen molar-refractivity contribution in [3.63, 3.8) is 0 Å². The summed E-state index contributed by atoms with van der Waals surface area (Å²) in [5.41, 5.74) is -2.48. The molecule has 1 aliphatic rings. The summed E-state index contributed by atoms with van der Waals surface area (Å²) in [7, 11) is 0. The van der Waals surface area contributed by atoms with Gasteiger partial charge in [0.1, 0.15) is 5.41 Å². The van der Waals surface area contributed by atoms with Crippen molar-refractivity contribution in [2.24, 2.45) is 5.41 Å². The Hall–Kier alpha value is -3.45. The van der Waals surface area contributed by atoms with Gasteiger partial charge in [0, 0.05) is 13.2 Å². The smallest absolute Gasteiger partial charge is 0.377 e. The third-order valence-electron chi connectivity index (χ3n) is 5.77. The summed E-state index contributed by atoms with van der Waals surface area (Å²) in [6.45, 7) is -0.453. The number of carbonyl (C=O) groups is 3. The molecule has 13 heteroatoms. The summed E-state index contributed by atoms with van der Waals surface area (Å²) in [6.07, 6.45) is -9.27. The first-order valence-electron chi connectivity index (χ1n) is 11.0. The van der Waals surface area contributed by atoms with Crippen LogP contribution in [-0.4, -0.2) is 31.1 Å². The van der Waals surface area contributed by atoms with Crippen LogP contribution in [0.1, 0.15) is 35.1 Å². The number of hydrogen-bond acceptors (Lipinski definition) is 5. The van der Waals surface area contributed by atoms with E-state index in [1.54, 1.807) is 0 Å². The highest BCUT2D eigenvalue weighted by atomic mass is 19.4. The van der Waals surface area contributed by atoms with Crippen LogP contribution in [0.15, 0.2) is 48.5 Å². The molecule has 0 spiro atoms. The van der Waals surface area contributed by atoms with E-state index in [1.165, 1.54) is 24.3 Å². The second-order valence-electron chi connectivity index (χ2n) is 8.31. The summed E-state index contributed by atoms with van der Waals surface area (Å²) in [6, 6.07) is 7.60. The predicted molar refractivity (Wildman–Crippen MR) is 116 cm³/mol. The largest absolute Gasteiger partial charge is 0.416 e. The van der Waals surface area contributed by atoms with Crippen molar-refractivity contribution >= 4 is 17.8 Å². The Bertz CT molecular complexity index is 1030. The minimum atomic E-state index is -4.47. The number of amides is 4. The van der Waals surface area contributed by atoms with Gasteiger partial charge < -0.3 is 9.47 Å². The highest BCUT2D eigenvalue weighted by Crippen LogP contribution is 2.32. The molecule has 0 aromatic heterocycles. The molecule has 3 rings (SSSR count). The summed E-state index contributed by atoms with van der Waals surface area (Å²) in [5.74, 6) is -1.73. The van der Waals surface area contributed by atoms with Gasteiger partial charge in [-0.25, -0.2) is 4.79 Å². The van der Waals surface area contributed by atoms with Crippen LogP contribution in [0.25, 0.3) is 0 Å². The van der Waals surface area contributed by atoms with E-state index in [9.17, 15) is 40.7 Å². The Labute approximate surface area is 207 Å². The van der Waals surface area contributed by atoms with Crippen LogP contribution >= 0.6 is 0 Å². The monoisotopic (exact) mass is 532 g/mol. The van der Waals surface area contributed by atoms with Crippen molar-refractivity contribution in [2.75, 3.05) is 13.2 Å². The molecular formula is C24H22F6N2O5. The molecule has 4 amide bonds. The van der Waals surface area contributed by atoms with Crippen LogP contribution in [0.5, 0.6) is 0 Å². The van der Waals surface area contributed by atoms with E-state index >= 15 is 0 Å². The number of benzene rings is 2. The quantitative estimate of drug-likeness (QED) is 0.265. The fourth-order valence-electron chi connectivity index (χ4n) is 3.61.